The van der Waals surface area contributed by atoms with Gasteiger partial charge in [-0.2, -0.15) is 0 Å². The van der Waals surface area contributed by atoms with Gasteiger partial charge in [0.15, 0.2) is 9.84 Å². The number of hydrazine groups is 1. The Hall–Kier alpha value is -0.390. The van der Waals surface area contributed by atoms with Crippen molar-refractivity contribution in [2.75, 3.05) is 6.26 Å². The molecule has 0 amide bonds. The van der Waals surface area contributed by atoms with Crippen LogP contribution in [0.25, 0.3) is 0 Å². The van der Waals surface area contributed by atoms with E-state index < -0.39 is 15.1 Å². The number of nitrogens with two attached hydrogens (primary N) is 1. The summed E-state index contributed by atoms with van der Waals surface area (Å²) < 4.78 is 22.5. The van der Waals surface area contributed by atoms with Crippen LogP contribution in [0.5, 0.6) is 0 Å². The van der Waals surface area contributed by atoms with E-state index in [1.165, 1.54) is 6.26 Å². The minimum atomic E-state index is -3.02. The van der Waals surface area contributed by atoms with Gasteiger partial charge >= 0.3 is 0 Å². The van der Waals surface area contributed by atoms with Crippen molar-refractivity contribution in [1.29, 1.82) is 0 Å². The monoisotopic (exact) mass is 220 g/mol. The summed E-state index contributed by atoms with van der Waals surface area (Å²) in [5, 5.41) is -0.447. The van der Waals surface area contributed by atoms with Crippen LogP contribution < -0.4 is 11.3 Å². The first-order valence-electron chi connectivity index (χ1n) is 4.69. The largest absolute Gasteiger partial charge is 0.271 e. The van der Waals surface area contributed by atoms with Crippen molar-refractivity contribution in [3.05, 3.63) is 12.7 Å². The second-order valence-corrected chi connectivity index (χ2v) is 5.93. The summed E-state index contributed by atoms with van der Waals surface area (Å²) in [5.74, 6) is 5.31. The number of sulfone groups is 1. The van der Waals surface area contributed by atoms with E-state index in [-0.39, 0.29) is 6.04 Å². The Labute approximate surface area is 86.5 Å². The van der Waals surface area contributed by atoms with Gasteiger partial charge in [0.05, 0.1) is 5.25 Å². The fourth-order valence-electron chi connectivity index (χ4n) is 1.23. The van der Waals surface area contributed by atoms with Gasteiger partial charge in [0.2, 0.25) is 0 Å². The number of unbranched alkanes of at least 4 members (excludes halogenated alkanes) is 1. The van der Waals surface area contributed by atoms with Gasteiger partial charge in [-0.3, -0.25) is 11.3 Å². The molecule has 14 heavy (non-hydrogen) atoms. The van der Waals surface area contributed by atoms with Crippen LogP contribution in [-0.2, 0) is 9.84 Å². The molecule has 0 aromatic carbocycles. The van der Waals surface area contributed by atoms with Gasteiger partial charge in [0, 0.05) is 12.3 Å². The molecule has 2 atom stereocenters. The lowest BCUT2D eigenvalue weighted by Crippen LogP contribution is -2.45. The van der Waals surface area contributed by atoms with Crippen molar-refractivity contribution >= 4 is 9.84 Å². The Bertz CT molecular complexity index is 262. The highest BCUT2D eigenvalue weighted by Gasteiger charge is 2.24. The molecule has 0 heterocycles. The Kier molecular flexibility index (Phi) is 5.99. The Morgan fingerprint density at radius 1 is 1.57 bits per heavy atom. The van der Waals surface area contributed by atoms with Gasteiger partial charge in [-0.25, -0.2) is 8.42 Å². The molecule has 0 rings (SSSR count). The van der Waals surface area contributed by atoms with E-state index in [1.54, 1.807) is 6.92 Å². The van der Waals surface area contributed by atoms with Gasteiger partial charge in [-0.05, 0) is 26.2 Å². The normalized spacial score (nSPS) is 16.2. The zero-order valence-electron chi connectivity index (χ0n) is 8.86. The second kappa shape index (κ2) is 6.16. The van der Waals surface area contributed by atoms with Crippen LogP contribution in [0.4, 0.5) is 0 Å². The van der Waals surface area contributed by atoms with Gasteiger partial charge in [-0.15, -0.1) is 6.58 Å². The molecule has 0 saturated carbocycles. The van der Waals surface area contributed by atoms with Crippen molar-refractivity contribution < 1.29 is 8.42 Å². The zero-order valence-corrected chi connectivity index (χ0v) is 9.68. The molecule has 3 N–H and O–H groups in total. The number of hydrogen-bond donors (Lipinski definition) is 2. The van der Waals surface area contributed by atoms with Crippen LogP contribution in [0.1, 0.15) is 26.2 Å². The minimum Gasteiger partial charge on any atom is -0.271 e. The van der Waals surface area contributed by atoms with Crippen LogP contribution in [-0.4, -0.2) is 26.0 Å². The van der Waals surface area contributed by atoms with Gasteiger partial charge in [-0.1, -0.05) is 6.08 Å². The summed E-state index contributed by atoms with van der Waals surface area (Å²) in [6.07, 6.45) is 5.58. The lowest BCUT2D eigenvalue weighted by Gasteiger charge is -2.21. The fourth-order valence-corrected chi connectivity index (χ4v) is 2.05. The molecule has 4 nitrogen and oxygen atoms in total. The molecular formula is C9H20N2O2S. The summed E-state index contributed by atoms with van der Waals surface area (Å²) in [5.41, 5.74) is 2.55. The third-order valence-electron chi connectivity index (χ3n) is 2.38. The topological polar surface area (TPSA) is 72.2 Å². The van der Waals surface area contributed by atoms with E-state index in [9.17, 15) is 8.42 Å². The van der Waals surface area contributed by atoms with Crippen molar-refractivity contribution in [3.63, 3.8) is 0 Å². The highest BCUT2D eigenvalue weighted by molar-refractivity contribution is 7.91. The molecule has 5 heteroatoms. The first kappa shape index (κ1) is 13.6. The smallest absolute Gasteiger partial charge is 0.151 e. The van der Waals surface area contributed by atoms with E-state index in [0.29, 0.717) is 0 Å². The van der Waals surface area contributed by atoms with Gasteiger partial charge < -0.3 is 0 Å². The van der Waals surface area contributed by atoms with E-state index >= 15 is 0 Å². The Morgan fingerprint density at radius 3 is 2.50 bits per heavy atom. The number of hydrogen-bond acceptors (Lipinski definition) is 4. The lowest BCUT2D eigenvalue weighted by molar-refractivity contribution is 0.460. The van der Waals surface area contributed by atoms with E-state index in [4.69, 9.17) is 5.84 Å². The van der Waals surface area contributed by atoms with Gasteiger partial charge in [0.1, 0.15) is 0 Å². The quantitative estimate of drug-likeness (QED) is 0.285. The summed E-state index contributed by atoms with van der Waals surface area (Å²) in [6, 6.07) is -0.176. The maximum Gasteiger partial charge on any atom is 0.151 e. The molecule has 0 spiro atoms. The third-order valence-corrected chi connectivity index (χ3v) is 4.06. The molecule has 2 unspecified atom stereocenters. The number of allylic oxidation sites excluding steroid dienone is 1. The molecular weight excluding hydrogens is 200 g/mol. The summed E-state index contributed by atoms with van der Waals surface area (Å²) >= 11 is 0. The predicted octanol–water partition coefficient (Wildman–Crippen LogP) is 0.608. The molecule has 84 valence electrons. The molecule has 0 bridgehead atoms. The molecule has 0 saturated heterocycles. The third kappa shape index (κ3) is 4.74. The zero-order chi connectivity index (χ0) is 11.2. The molecule has 0 aromatic rings. The van der Waals surface area contributed by atoms with Gasteiger partial charge in [0.25, 0.3) is 0 Å². The van der Waals surface area contributed by atoms with Crippen molar-refractivity contribution in [2.24, 2.45) is 5.84 Å². The predicted molar refractivity (Wildman–Crippen MR) is 59.5 cm³/mol. The van der Waals surface area contributed by atoms with E-state index in [0.717, 1.165) is 19.3 Å². The van der Waals surface area contributed by atoms with Crippen molar-refractivity contribution in [1.82, 2.24) is 5.43 Å². The van der Waals surface area contributed by atoms with Crippen LogP contribution in [0.15, 0.2) is 12.7 Å². The summed E-state index contributed by atoms with van der Waals surface area (Å²) in [7, 11) is -3.02. The second-order valence-electron chi connectivity index (χ2n) is 3.53. The van der Waals surface area contributed by atoms with Crippen LogP contribution in [0.3, 0.4) is 0 Å². The average Bonchev–Trinajstić information content (AvgIpc) is 2.10. The first-order chi connectivity index (χ1) is 6.43. The van der Waals surface area contributed by atoms with E-state index in [2.05, 4.69) is 12.0 Å². The molecule has 0 radical (unpaired) electrons. The molecule has 0 aliphatic rings. The van der Waals surface area contributed by atoms with Crippen LogP contribution in [0, 0.1) is 0 Å². The summed E-state index contributed by atoms with van der Waals surface area (Å²) in [6.45, 7) is 5.28. The first-order valence-corrected chi connectivity index (χ1v) is 6.64. The van der Waals surface area contributed by atoms with Crippen LogP contribution in [0.2, 0.25) is 0 Å². The van der Waals surface area contributed by atoms with Crippen molar-refractivity contribution in [2.45, 2.75) is 37.5 Å². The SMILES string of the molecule is C=CCCCC(NN)C(C)S(C)(=O)=O. The molecule has 0 aliphatic heterocycles. The summed E-state index contributed by atoms with van der Waals surface area (Å²) in [4.78, 5) is 0. The fraction of sp³-hybridized carbons (Fsp3) is 0.778. The van der Waals surface area contributed by atoms with Crippen molar-refractivity contribution in [3.8, 4) is 0 Å². The minimum absolute atomic E-state index is 0.176. The highest BCUT2D eigenvalue weighted by atomic mass is 32.2. The Morgan fingerprint density at radius 2 is 2.14 bits per heavy atom. The number of nitrogens with one attached hydrogen (secondary N) is 1. The maximum absolute atomic E-state index is 11.2. The maximum atomic E-state index is 11.2. The molecule has 0 aromatic heterocycles. The number of rotatable bonds is 7. The van der Waals surface area contributed by atoms with Crippen LogP contribution >= 0.6 is 0 Å². The standard InChI is InChI=1S/C9H20N2O2S/c1-4-5-6-7-9(11-10)8(2)14(3,12)13/h4,8-9,11H,1,5-7,10H2,2-3H3. The lowest BCUT2D eigenvalue weighted by atomic mass is 10.1. The Balaban J connectivity index is 4.19. The molecule has 0 aliphatic carbocycles. The average molecular weight is 220 g/mol. The molecule has 0 fully saturated rings. The van der Waals surface area contributed by atoms with E-state index in [1.807, 2.05) is 6.08 Å². The highest BCUT2D eigenvalue weighted by Crippen LogP contribution is 2.10.